The van der Waals surface area contributed by atoms with Gasteiger partial charge in [-0.15, -0.1) is 0 Å². The second-order valence-electron chi connectivity index (χ2n) is 13.2. The van der Waals surface area contributed by atoms with Crippen LogP contribution in [0.15, 0.2) is 97.2 Å². The van der Waals surface area contributed by atoms with Gasteiger partial charge in [-0.3, -0.25) is 0 Å². The second-order valence-corrected chi connectivity index (χ2v) is 13.2. The standard InChI is InChI=1S/C38H41N4/c1-6-38(7-2)24-23-27-21-22-31(41(28-16-10-8-11-17-28)29-18-12-9-13-19-29)34-33(27)36-35(30(39-34)26-37(3,4)5)40-25-15-14-20-32(40)42(36)38/h8-22,25H,6-7,23-24,26H2,1-5H3/q+1. The Morgan fingerprint density at radius 1 is 0.833 bits per heavy atom. The highest BCUT2D eigenvalue weighted by molar-refractivity contribution is 6.10. The summed E-state index contributed by atoms with van der Waals surface area (Å²) in [5.74, 6) is 0. The maximum atomic E-state index is 5.68. The minimum absolute atomic E-state index is 0.0410. The monoisotopic (exact) mass is 553 g/mol. The lowest BCUT2D eigenvalue weighted by Crippen LogP contribution is -2.55. The summed E-state index contributed by atoms with van der Waals surface area (Å²) in [4.78, 5) is 8.07. The Bertz CT molecular complexity index is 1870. The number of hydrogen-bond acceptors (Lipinski definition) is 2. The van der Waals surface area contributed by atoms with Crippen LogP contribution < -0.4 is 9.47 Å². The fourth-order valence-corrected chi connectivity index (χ4v) is 7.31. The maximum absolute atomic E-state index is 5.68. The van der Waals surface area contributed by atoms with E-state index in [-0.39, 0.29) is 11.0 Å². The smallest absolute Gasteiger partial charge is 0.287 e. The van der Waals surface area contributed by atoms with Crippen molar-refractivity contribution in [2.75, 3.05) is 4.90 Å². The van der Waals surface area contributed by atoms with Gasteiger partial charge in [0.15, 0.2) is 5.52 Å². The van der Waals surface area contributed by atoms with Crippen molar-refractivity contribution in [3.8, 4) is 0 Å². The normalized spacial score (nSPS) is 14.6. The molecule has 0 N–H and O–H groups in total. The molecule has 0 bridgehead atoms. The molecule has 3 aromatic carbocycles. The number of rotatable bonds is 6. The van der Waals surface area contributed by atoms with Crippen LogP contribution >= 0.6 is 0 Å². The summed E-state index contributed by atoms with van der Waals surface area (Å²) in [6.07, 6.45) is 7.49. The van der Waals surface area contributed by atoms with Crippen molar-refractivity contribution < 1.29 is 4.57 Å². The van der Waals surface area contributed by atoms with Crippen LogP contribution in [0.3, 0.4) is 0 Å². The number of fused-ring (bicyclic) bond motifs is 3. The van der Waals surface area contributed by atoms with Crippen LogP contribution in [0, 0.1) is 5.41 Å². The zero-order valence-corrected chi connectivity index (χ0v) is 25.6. The average molecular weight is 554 g/mol. The van der Waals surface area contributed by atoms with Gasteiger partial charge in [0.05, 0.1) is 28.5 Å². The summed E-state index contributed by atoms with van der Waals surface area (Å²) in [7, 11) is 0. The van der Waals surface area contributed by atoms with Crippen molar-refractivity contribution >= 4 is 44.6 Å². The van der Waals surface area contributed by atoms with Gasteiger partial charge in [0.1, 0.15) is 5.54 Å². The second kappa shape index (κ2) is 9.97. The van der Waals surface area contributed by atoms with E-state index >= 15 is 0 Å². The molecule has 0 spiro atoms. The molecule has 0 saturated carbocycles. The number of imidazole rings is 1. The third-order valence-corrected chi connectivity index (χ3v) is 9.37. The van der Waals surface area contributed by atoms with E-state index in [9.17, 15) is 0 Å². The summed E-state index contributed by atoms with van der Waals surface area (Å²) < 4.78 is 5.14. The van der Waals surface area contributed by atoms with E-state index in [1.165, 1.54) is 33.3 Å². The summed E-state index contributed by atoms with van der Waals surface area (Å²) in [5.41, 5.74) is 11.1. The molecule has 4 heterocycles. The fourth-order valence-electron chi connectivity index (χ4n) is 7.31. The zero-order valence-electron chi connectivity index (χ0n) is 25.6. The van der Waals surface area contributed by atoms with Crippen molar-refractivity contribution in [1.82, 2.24) is 9.38 Å². The molecule has 42 heavy (non-hydrogen) atoms. The Morgan fingerprint density at radius 3 is 2.10 bits per heavy atom. The van der Waals surface area contributed by atoms with Gasteiger partial charge < -0.3 is 4.90 Å². The number of para-hydroxylation sites is 2. The number of hydrogen-bond donors (Lipinski definition) is 0. The van der Waals surface area contributed by atoms with Crippen molar-refractivity contribution in [1.29, 1.82) is 0 Å². The summed E-state index contributed by atoms with van der Waals surface area (Å²) in [6, 6.07) is 32.8. The van der Waals surface area contributed by atoms with Gasteiger partial charge in [0.2, 0.25) is 5.52 Å². The topological polar surface area (TPSA) is 24.4 Å². The van der Waals surface area contributed by atoms with Crippen LogP contribution in [0.1, 0.15) is 65.1 Å². The molecule has 7 rings (SSSR count). The number of aryl methyl sites for hydroxylation is 1. The maximum Gasteiger partial charge on any atom is 0.287 e. The molecular formula is C38H41N4+. The molecule has 0 aliphatic carbocycles. The van der Waals surface area contributed by atoms with Gasteiger partial charge in [-0.1, -0.05) is 83.1 Å². The van der Waals surface area contributed by atoms with E-state index in [1.54, 1.807) is 0 Å². The van der Waals surface area contributed by atoms with Crippen LogP contribution in [-0.4, -0.2) is 9.38 Å². The predicted molar refractivity (Wildman–Crippen MR) is 175 cm³/mol. The van der Waals surface area contributed by atoms with Gasteiger partial charge in [0.25, 0.3) is 5.65 Å². The quantitative estimate of drug-likeness (QED) is 0.192. The predicted octanol–water partition coefficient (Wildman–Crippen LogP) is 9.45. The number of anilines is 3. The first-order valence-corrected chi connectivity index (χ1v) is 15.6. The Balaban J connectivity index is 1.69. The van der Waals surface area contributed by atoms with E-state index in [0.29, 0.717) is 0 Å². The molecule has 0 fully saturated rings. The van der Waals surface area contributed by atoms with Gasteiger partial charge >= 0.3 is 0 Å². The fraction of sp³-hybridized carbons (Fsp3) is 0.316. The first kappa shape index (κ1) is 26.7. The first-order chi connectivity index (χ1) is 20.3. The summed E-state index contributed by atoms with van der Waals surface area (Å²) in [6.45, 7) is 11.7. The number of nitrogens with zero attached hydrogens (tertiary/aromatic N) is 4. The Hall–Kier alpha value is -4.18. The molecule has 6 aromatic rings. The molecule has 0 radical (unpaired) electrons. The average Bonchev–Trinajstić information content (AvgIpc) is 3.28. The highest BCUT2D eigenvalue weighted by atomic mass is 15.2. The first-order valence-electron chi connectivity index (χ1n) is 15.6. The third kappa shape index (κ3) is 4.11. The van der Waals surface area contributed by atoms with E-state index in [4.69, 9.17) is 4.98 Å². The summed E-state index contributed by atoms with van der Waals surface area (Å²) in [5, 5.41) is 1.31. The van der Waals surface area contributed by atoms with E-state index in [2.05, 4.69) is 146 Å². The lowest BCUT2D eigenvalue weighted by molar-refractivity contribution is -0.721. The van der Waals surface area contributed by atoms with Crippen LogP contribution in [0.5, 0.6) is 0 Å². The highest BCUT2D eigenvalue weighted by Gasteiger charge is 2.42. The Kier molecular flexibility index (Phi) is 6.34. The number of aromatic nitrogens is 3. The van der Waals surface area contributed by atoms with Gasteiger partial charge in [-0.25, -0.2) is 9.55 Å². The molecule has 0 atom stereocenters. The third-order valence-electron chi connectivity index (χ3n) is 9.37. The van der Waals surface area contributed by atoms with Gasteiger partial charge in [-0.05, 0) is 79.5 Å². The molecule has 0 saturated heterocycles. The number of benzene rings is 3. The molecule has 4 heteroatoms. The Labute approximate surface area is 249 Å². The highest BCUT2D eigenvalue weighted by Crippen LogP contribution is 2.44. The number of pyridine rings is 2. The van der Waals surface area contributed by atoms with E-state index in [1.807, 2.05) is 0 Å². The van der Waals surface area contributed by atoms with Crippen LogP contribution in [0.2, 0.25) is 0 Å². The van der Waals surface area contributed by atoms with Crippen LogP contribution in [0.25, 0.3) is 27.6 Å². The van der Waals surface area contributed by atoms with Crippen LogP contribution in [-0.2, 0) is 18.4 Å². The lowest BCUT2D eigenvalue weighted by Gasteiger charge is -2.28. The summed E-state index contributed by atoms with van der Waals surface area (Å²) >= 11 is 0. The van der Waals surface area contributed by atoms with Crippen LogP contribution in [0.4, 0.5) is 17.1 Å². The molecule has 0 unspecified atom stereocenters. The molecule has 1 aliphatic rings. The molecule has 0 amide bonds. The SMILES string of the molecule is CCC1(CC)CCc2ccc(N(c3ccccc3)c3ccccc3)c3nc(CC(C)(C)C)c4c(c23)[n+]1c1ccccn41. The molecule has 212 valence electrons. The van der Waals surface area contributed by atoms with Gasteiger partial charge in [-0.2, -0.15) is 4.40 Å². The van der Waals surface area contributed by atoms with Crippen molar-refractivity contribution in [3.05, 3.63) is 108 Å². The largest absolute Gasteiger partial charge is 0.308 e. The Morgan fingerprint density at radius 2 is 1.48 bits per heavy atom. The minimum Gasteiger partial charge on any atom is -0.308 e. The molecule has 1 aliphatic heterocycles. The molecule has 3 aromatic heterocycles. The van der Waals surface area contributed by atoms with E-state index < -0.39 is 0 Å². The van der Waals surface area contributed by atoms with Gasteiger partial charge in [0, 0.05) is 17.4 Å². The van der Waals surface area contributed by atoms with Crippen molar-refractivity contribution in [2.24, 2.45) is 5.41 Å². The van der Waals surface area contributed by atoms with Crippen molar-refractivity contribution in [3.63, 3.8) is 0 Å². The van der Waals surface area contributed by atoms with E-state index in [0.717, 1.165) is 54.7 Å². The zero-order chi connectivity index (χ0) is 29.1. The molecular weight excluding hydrogens is 512 g/mol. The molecule has 4 nitrogen and oxygen atoms in total. The lowest BCUT2D eigenvalue weighted by atomic mass is 9.86. The minimum atomic E-state index is 0.0410. The van der Waals surface area contributed by atoms with Crippen molar-refractivity contribution in [2.45, 2.75) is 72.3 Å².